The monoisotopic (exact) mass is 297 g/mol. The molecule has 0 aromatic heterocycles. The maximum Gasteiger partial charge on any atom is 0.226 e. The van der Waals surface area contributed by atoms with Crippen molar-refractivity contribution in [2.45, 2.75) is 50.9 Å². The van der Waals surface area contributed by atoms with E-state index in [-0.39, 0.29) is 17.6 Å². The Morgan fingerprint density at radius 1 is 1.18 bits per heavy atom. The topological polar surface area (TPSA) is 38.3 Å². The molecule has 116 valence electrons. The molecule has 4 saturated carbocycles. The molecule has 1 amide bonds. The lowest BCUT2D eigenvalue weighted by atomic mass is 9.68. The number of ether oxygens (including phenoxy) is 1. The second-order valence-electron chi connectivity index (χ2n) is 7.78. The molecule has 22 heavy (non-hydrogen) atoms. The van der Waals surface area contributed by atoms with Gasteiger partial charge in [-0.2, -0.15) is 0 Å². The van der Waals surface area contributed by atoms with Crippen LogP contribution in [-0.4, -0.2) is 18.1 Å². The van der Waals surface area contributed by atoms with E-state index in [0.717, 1.165) is 18.8 Å². The molecular weight excluding hydrogens is 274 g/mol. The van der Waals surface area contributed by atoms with Crippen LogP contribution in [0, 0.1) is 23.2 Å². The molecule has 0 radical (unpaired) electrons. The molecule has 4 fully saturated rings. The van der Waals surface area contributed by atoms with Crippen LogP contribution in [0.2, 0.25) is 0 Å². The lowest BCUT2D eigenvalue weighted by molar-refractivity contribution is -0.139. The highest BCUT2D eigenvalue weighted by Crippen LogP contribution is 2.75. The Kier molecular flexibility index (Phi) is 2.73. The summed E-state index contributed by atoms with van der Waals surface area (Å²) in [5, 5.41) is 3.35. The molecule has 4 atom stereocenters. The van der Waals surface area contributed by atoms with E-state index in [4.69, 9.17) is 4.74 Å². The molecule has 1 N–H and O–H groups in total. The van der Waals surface area contributed by atoms with Gasteiger partial charge in [0.2, 0.25) is 5.91 Å². The van der Waals surface area contributed by atoms with Gasteiger partial charge in [-0.1, -0.05) is 36.8 Å². The Morgan fingerprint density at radius 3 is 2.64 bits per heavy atom. The van der Waals surface area contributed by atoms with Crippen molar-refractivity contribution < 1.29 is 9.53 Å². The van der Waals surface area contributed by atoms with Crippen LogP contribution >= 0.6 is 0 Å². The predicted octanol–water partition coefficient (Wildman–Crippen LogP) is 2.90. The van der Waals surface area contributed by atoms with Gasteiger partial charge in [-0.25, -0.2) is 0 Å². The highest BCUT2D eigenvalue weighted by molar-refractivity contribution is 5.90. The highest BCUT2D eigenvalue weighted by Gasteiger charge is 2.75. The molecule has 4 aliphatic carbocycles. The maximum absolute atomic E-state index is 12.4. The van der Waals surface area contributed by atoms with Gasteiger partial charge in [0.15, 0.2) is 0 Å². The number of hydrogen-bond acceptors (Lipinski definition) is 2. The molecule has 0 spiro atoms. The van der Waals surface area contributed by atoms with E-state index in [1.807, 2.05) is 6.07 Å². The summed E-state index contributed by atoms with van der Waals surface area (Å²) in [7, 11) is 0. The highest BCUT2D eigenvalue weighted by atomic mass is 16.5. The number of carbonyl (C=O) groups excluding carboxylic acids is 1. The van der Waals surface area contributed by atoms with E-state index >= 15 is 0 Å². The fraction of sp³-hybridized carbons (Fsp3) is 0.632. The van der Waals surface area contributed by atoms with E-state index in [9.17, 15) is 4.79 Å². The lowest BCUT2D eigenvalue weighted by Crippen LogP contribution is -2.63. The second kappa shape index (κ2) is 4.58. The van der Waals surface area contributed by atoms with Crippen molar-refractivity contribution in [3.63, 3.8) is 0 Å². The molecule has 1 aromatic rings. The number of rotatable bonds is 5. The van der Waals surface area contributed by atoms with E-state index in [2.05, 4.69) is 29.6 Å². The van der Waals surface area contributed by atoms with Crippen LogP contribution in [0.1, 0.15) is 37.7 Å². The number of carbonyl (C=O) groups is 1. The minimum absolute atomic E-state index is 0.0771. The first-order valence-corrected chi connectivity index (χ1v) is 8.74. The fourth-order valence-corrected chi connectivity index (χ4v) is 4.79. The summed E-state index contributed by atoms with van der Waals surface area (Å²) in [5.74, 6) is 2.37. The van der Waals surface area contributed by atoms with Crippen molar-refractivity contribution in [3.8, 4) is 0 Å². The predicted molar refractivity (Wildman–Crippen MR) is 82.9 cm³/mol. The number of nitrogens with one attached hydrogen (secondary N) is 1. The van der Waals surface area contributed by atoms with Gasteiger partial charge >= 0.3 is 0 Å². The van der Waals surface area contributed by atoms with Crippen LogP contribution in [0.3, 0.4) is 0 Å². The van der Waals surface area contributed by atoms with Crippen molar-refractivity contribution in [1.82, 2.24) is 5.32 Å². The number of hydrogen-bond donors (Lipinski definition) is 1. The zero-order chi connectivity index (χ0) is 14.7. The average molecular weight is 297 g/mol. The zero-order valence-electron chi connectivity index (χ0n) is 12.8. The van der Waals surface area contributed by atoms with Gasteiger partial charge in [0.1, 0.15) is 0 Å². The Morgan fingerprint density at radius 2 is 1.91 bits per heavy atom. The van der Waals surface area contributed by atoms with Crippen molar-refractivity contribution in [3.05, 3.63) is 35.9 Å². The molecule has 3 nitrogen and oxygen atoms in total. The average Bonchev–Trinajstić information content (AvgIpc) is 3.36. The third-order valence-electron chi connectivity index (χ3n) is 6.58. The summed E-state index contributed by atoms with van der Waals surface area (Å²) < 4.78 is 6.22. The maximum atomic E-state index is 12.4. The van der Waals surface area contributed by atoms with Crippen molar-refractivity contribution >= 4 is 5.91 Å². The van der Waals surface area contributed by atoms with Crippen LogP contribution in [0.4, 0.5) is 0 Å². The van der Waals surface area contributed by atoms with E-state index in [1.54, 1.807) is 0 Å². The minimum atomic E-state index is 0.0771. The first-order chi connectivity index (χ1) is 10.8. The molecule has 3 heteroatoms. The lowest BCUT2D eigenvalue weighted by Gasteiger charge is -2.49. The summed E-state index contributed by atoms with van der Waals surface area (Å²) in [5.41, 5.74) is 1.30. The van der Waals surface area contributed by atoms with Crippen LogP contribution in [-0.2, 0) is 16.1 Å². The smallest absolute Gasteiger partial charge is 0.226 e. The molecule has 0 heterocycles. The van der Waals surface area contributed by atoms with Crippen LogP contribution in [0.15, 0.2) is 30.3 Å². The number of amides is 1. The molecule has 0 saturated heterocycles. The largest absolute Gasteiger partial charge is 0.371 e. The van der Waals surface area contributed by atoms with Crippen molar-refractivity contribution in [2.75, 3.05) is 0 Å². The van der Waals surface area contributed by atoms with Crippen molar-refractivity contribution in [2.24, 2.45) is 23.2 Å². The SMILES string of the molecule is O=C(NC1C2CCCC2C1OCc1ccccc1)C12CC1C2. The quantitative estimate of drug-likeness (QED) is 0.907. The van der Waals surface area contributed by atoms with Crippen LogP contribution in [0.25, 0.3) is 0 Å². The fourth-order valence-electron chi connectivity index (χ4n) is 4.79. The van der Waals surface area contributed by atoms with Crippen molar-refractivity contribution in [1.29, 1.82) is 0 Å². The van der Waals surface area contributed by atoms with Gasteiger partial charge in [0.25, 0.3) is 0 Å². The third-order valence-corrected chi connectivity index (χ3v) is 6.58. The van der Waals surface area contributed by atoms with E-state index < -0.39 is 0 Å². The summed E-state index contributed by atoms with van der Waals surface area (Å²) in [6.45, 7) is 0.662. The van der Waals surface area contributed by atoms with Crippen LogP contribution in [0.5, 0.6) is 0 Å². The Hall–Kier alpha value is -1.35. The van der Waals surface area contributed by atoms with Gasteiger partial charge in [-0.15, -0.1) is 0 Å². The van der Waals surface area contributed by atoms with Gasteiger partial charge in [0.05, 0.1) is 24.2 Å². The molecule has 1 aromatic carbocycles. The van der Waals surface area contributed by atoms with Gasteiger partial charge in [0, 0.05) is 0 Å². The Bertz CT molecular complexity index is 593. The van der Waals surface area contributed by atoms with Gasteiger partial charge in [-0.3, -0.25) is 4.79 Å². The molecule has 4 unspecified atom stereocenters. The standard InChI is InChI=1S/C19H23NO2/c21-18(19-9-13(19)10-19)20-16-14-7-4-8-15(14)17(16)22-11-12-5-2-1-3-6-12/h1-3,5-6,13-17H,4,7-11H2,(H,20,21). The molecule has 4 aliphatic rings. The van der Waals surface area contributed by atoms with Gasteiger partial charge < -0.3 is 10.1 Å². The van der Waals surface area contributed by atoms with Crippen LogP contribution < -0.4 is 5.32 Å². The van der Waals surface area contributed by atoms with Gasteiger partial charge in [-0.05, 0) is 49.0 Å². The molecular formula is C19H23NO2. The first-order valence-electron chi connectivity index (χ1n) is 8.74. The minimum Gasteiger partial charge on any atom is -0.371 e. The molecule has 5 rings (SSSR count). The normalized spacial score (nSPS) is 43.7. The molecule has 0 bridgehead atoms. The second-order valence-corrected chi connectivity index (χ2v) is 7.78. The first kappa shape index (κ1) is 13.1. The zero-order valence-corrected chi connectivity index (χ0v) is 12.8. The summed E-state index contributed by atoms with van der Waals surface area (Å²) in [4.78, 5) is 12.4. The number of fused-ring (bicyclic) bond motifs is 2. The summed E-state index contributed by atoms with van der Waals surface area (Å²) in [6.07, 6.45) is 6.32. The van der Waals surface area contributed by atoms with E-state index in [0.29, 0.717) is 24.3 Å². The summed E-state index contributed by atoms with van der Waals surface area (Å²) >= 11 is 0. The van der Waals surface area contributed by atoms with E-state index in [1.165, 1.54) is 24.8 Å². The summed E-state index contributed by atoms with van der Waals surface area (Å²) in [6, 6.07) is 10.6. The Balaban J connectivity index is 1.24. The number of benzene rings is 1. The Labute approximate surface area is 131 Å². The third kappa shape index (κ3) is 1.88. The molecule has 0 aliphatic heterocycles.